The maximum Gasteiger partial charge on any atom is 0.0991 e. The van der Waals surface area contributed by atoms with Crippen LogP contribution in [0.25, 0.3) is 0 Å². The first-order valence-corrected chi connectivity index (χ1v) is 5.25. The number of hydrogen-bond acceptors (Lipinski definition) is 2. The third-order valence-corrected chi connectivity index (χ3v) is 2.80. The molecule has 1 heterocycles. The molecule has 0 bridgehead atoms. The Morgan fingerprint density at radius 1 is 1.50 bits per heavy atom. The topological polar surface area (TPSA) is 41.6 Å². The van der Waals surface area contributed by atoms with Crippen molar-refractivity contribution in [2.45, 2.75) is 13.5 Å². The van der Waals surface area contributed by atoms with Crippen LogP contribution in [0.1, 0.15) is 16.8 Å². The average molecular weight is 232 g/mol. The van der Waals surface area contributed by atoms with Crippen molar-refractivity contribution in [3.05, 3.63) is 52.3 Å². The molecule has 1 aromatic heterocycles. The Morgan fingerprint density at radius 2 is 2.31 bits per heavy atom. The van der Waals surface area contributed by atoms with E-state index in [2.05, 4.69) is 11.2 Å². The van der Waals surface area contributed by atoms with Crippen LogP contribution in [0.4, 0.5) is 0 Å². The molecule has 0 saturated heterocycles. The van der Waals surface area contributed by atoms with Gasteiger partial charge in [-0.05, 0) is 24.6 Å². The van der Waals surface area contributed by atoms with Gasteiger partial charge in [0.1, 0.15) is 0 Å². The number of halogens is 1. The van der Waals surface area contributed by atoms with E-state index in [-0.39, 0.29) is 0 Å². The molecule has 3 nitrogen and oxygen atoms in total. The zero-order valence-electron chi connectivity index (χ0n) is 8.81. The maximum absolute atomic E-state index is 8.79. The van der Waals surface area contributed by atoms with Gasteiger partial charge in [0.2, 0.25) is 0 Å². The van der Waals surface area contributed by atoms with E-state index in [1.54, 1.807) is 12.3 Å². The predicted octanol–water partition coefficient (Wildman–Crippen LogP) is 2.76. The largest absolute Gasteiger partial charge is 0.264 e. The van der Waals surface area contributed by atoms with E-state index in [1.807, 2.05) is 29.8 Å². The fourth-order valence-corrected chi connectivity index (χ4v) is 1.64. The van der Waals surface area contributed by atoms with E-state index in [9.17, 15) is 0 Å². The quantitative estimate of drug-likeness (QED) is 0.798. The van der Waals surface area contributed by atoms with Crippen molar-refractivity contribution >= 4 is 11.6 Å². The molecular weight excluding hydrogens is 222 g/mol. The predicted molar refractivity (Wildman–Crippen MR) is 62.2 cm³/mol. The monoisotopic (exact) mass is 231 g/mol. The van der Waals surface area contributed by atoms with Gasteiger partial charge in [-0.1, -0.05) is 23.7 Å². The van der Waals surface area contributed by atoms with Crippen molar-refractivity contribution in [3.8, 4) is 6.07 Å². The van der Waals surface area contributed by atoms with Crippen molar-refractivity contribution in [2.24, 2.45) is 0 Å². The molecule has 0 atom stereocenters. The minimum absolute atomic E-state index is 0.633. The van der Waals surface area contributed by atoms with E-state index in [0.29, 0.717) is 17.1 Å². The standard InChI is InChI=1S/C12H10ClN3/c1-9-12(13)7-15-16(9)8-11-4-2-3-10(5-11)6-14/h2-5,7H,8H2,1H3. The molecule has 0 aliphatic heterocycles. The lowest BCUT2D eigenvalue weighted by atomic mass is 10.1. The highest BCUT2D eigenvalue weighted by atomic mass is 35.5. The summed E-state index contributed by atoms with van der Waals surface area (Å²) >= 11 is 5.92. The second-order valence-corrected chi connectivity index (χ2v) is 3.95. The summed E-state index contributed by atoms with van der Waals surface area (Å²) in [7, 11) is 0. The highest BCUT2D eigenvalue weighted by Gasteiger charge is 2.04. The maximum atomic E-state index is 8.79. The summed E-state index contributed by atoms with van der Waals surface area (Å²) in [5.74, 6) is 0. The van der Waals surface area contributed by atoms with Crippen LogP contribution >= 0.6 is 11.6 Å². The number of aromatic nitrogens is 2. The van der Waals surface area contributed by atoms with Crippen LogP contribution in [0.3, 0.4) is 0 Å². The van der Waals surface area contributed by atoms with Crippen LogP contribution in [0.5, 0.6) is 0 Å². The van der Waals surface area contributed by atoms with Crippen molar-refractivity contribution in [1.29, 1.82) is 5.26 Å². The summed E-state index contributed by atoms with van der Waals surface area (Å²) in [4.78, 5) is 0. The van der Waals surface area contributed by atoms with Gasteiger partial charge >= 0.3 is 0 Å². The van der Waals surface area contributed by atoms with Crippen LogP contribution < -0.4 is 0 Å². The zero-order chi connectivity index (χ0) is 11.5. The van der Waals surface area contributed by atoms with Gasteiger partial charge in [0.25, 0.3) is 0 Å². The smallest absolute Gasteiger partial charge is 0.0991 e. The molecule has 0 aliphatic rings. The summed E-state index contributed by atoms with van der Waals surface area (Å²) in [5.41, 5.74) is 2.64. The van der Waals surface area contributed by atoms with Gasteiger partial charge in [-0.2, -0.15) is 10.4 Å². The molecule has 0 saturated carbocycles. The number of nitriles is 1. The van der Waals surface area contributed by atoms with Crippen LogP contribution in [0, 0.1) is 18.3 Å². The van der Waals surface area contributed by atoms with Gasteiger partial charge in [-0.25, -0.2) is 0 Å². The number of nitrogens with zero attached hydrogens (tertiary/aromatic N) is 3. The summed E-state index contributed by atoms with van der Waals surface area (Å²) in [6.07, 6.45) is 1.63. The lowest BCUT2D eigenvalue weighted by Crippen LogP contribution is -2.03. The molecule has 0 N–H and O–H groups in total. The highest BCUT2D eigenvalue weighted by molar-refractivity contribution is 6.31. The van der Waals surface area contributed by atoms with Gasteiger partial charge in [-0.15, -0.1) is 0 Å². The van der Waals surface area contributed by atoms with Crippen molar-refractivity contribution in [1.82, 2.24) is 9.78 Å². The second kappa shape index (κ2) is 4.38. The van der Waals surface area contributed by atoms with Crippen molar-refractivity contribution in [3.63, 3.8) is 0 Å². The van der Waals surface area contributed by atoms with Gasteiger partial charge in [0.15, 0.2) is 0 Å². The van der Waals surface area contributed by atoms with Crippen molar-refractivity contribution in [2.75, 3.05) is 0 Å². The Balaban J connectivity index is 2.27. The molecule has 2 rings (SSSR count). The normalized spacial score (nSPS) is 10.1. The molecule has 80 valence electrons. The minimum Gasteiger partial charge on any atom is -0.264 e. The highest BCUT2D eigenvalue weighted by Crippen LogP contribution is 2.15. The first-order valence-electron chi connectivity index (χ1n) is 4.87. The van der Waals surface area contributed by atoms with E-state index in [4.69, 9.17) is 16.9 Å². The lowest BCUT2D eigenvalue weighted by Gasteiger charge is -2.04. The first kappa shape index (κ1) is 10.7. The van der Waals surface area contributed by atoms with Crippen molar-refractivity contribution < 1.29 is 0 Å². The Morgan fingerprint density at radius 3 is 2.94 bits per heavy atom. The molecular formula is C12H10ClN3. The van der Waals surface area contributed by atoms with E-state index >= 15 is 0 Å². The molecule has 2 aromatic rings. The van der Waals surface area contributed by atoms with Crippen LogP contribution in [-0.4, -0.2) is 9.78 Å². The number of benzene rings is 1. The Labute approximate surface area is 98.9 Å². The third-order valence-electron chi connectivity index (χ3n) is 2.43. The Bertz CT molecular complexity index is 552. The summed E-state index contributed by atoms with van der Waals surface area (Å²) in [6.45, 7) is 2.55. The van der Waals surface area contributed by atoms with Crippen LogP contribution in [-0.2, 0) is 6.54 Å². The average Bonchev–Trinajstić information content (AvgIpc) is 2.61. The summed E-state index contributed by atoms with van der Waals surface area (Å²) < 4.78 is 1.82. The van der Waals surface area contributed by atoms with Gasteiger partial charge in [-0.3, -0.25) is 4.68 Å². The fraction of sp³-hybridized carbons (Fsp3) is 0.167. The Hall–Kier alpha value is -1.79. The van der Waals surface area contributed by atoms with Gasteiger partial charge in [0, 0.05) is 0 Å². The van der Waals surface area contributed by atoms with E-state index in [0.717, 1.165) is 11.3 Å². The molecule has 16 heavy (non-hydrogen) atoms. The molecule has 0 unspecified atom stereocenters. The summed E-state index contributed by atoms with van der Waals surface area (Å²) in [5, 5.41) is 13.6. The zero-order valence-corrected chi connectivity index (χ0v) is 9.57. The summed E-state index contributed by atoms with van der Waals surface area (Å²) in [6, 6.07) is 9.60. The molecule has 1 aromatic carbocycles. The molecule has 0 spiro atoms. The molecule has 0 amide bonds. The van der Waals surface area contributed by atoms with Crippen LogP contribution in [0.15, 0.2) is 30.5 Å². The fourth-order valence-electron chi connectivity index (χ4n) is 1.50. The first-order chi connectivity index (χ1) is 7.70. The number of hydrogen-bond donors (Lipinski definition) is 0. The molecule has 4 heteroatoms. The molecule has 0 radical (unpaired) electrons. The van der Waals surface area contributed by atoms with Crippen LogP contribution in [0.2, 0.25) is 5.02 Å². The third kappa shape index (κ3) is 2.07. The van der Waals surface area contributed by atoms with Gasteiger partial charge in [0.05, 0.1) is 35.1 Å². The van der Waals surface area contributed by atoms with E-state index in [1.165, 1.54) is 0 Å². The number of rotatable bonds is 2. The lowest BCUT2D eigenvalue weighted by molar-refractivity contribution is 0.665. The van der Waals surface area contributed by atoms with E-state index < -0.39 is 0 Å². The van der Waals surface area contributed by atoms with Gasteiger partial charge < -0.3 is 0 Å². The second-order valence-electron chi connectivity index (χ2n) is 3.55. The minimum atomic E-state index is 0.633. The molecule has 0 aliphatic carbocycles. The molecule has 0 fully saturated rings. The Kier molecular flexibility index (Phi) is 2.93. The SMILES string of the molecule is Cc1c(Cl)cnn1Cc1cccc(C#N)c1.